The second-order valence-corrected chi connectivity index (χ2v) is 7.01. The van der Waals surface area contributed by atoms with Crippen LogP contribution < -0.4 is 0 Å². The fourth-order valence-corrected chi connectivity index (χ4v) is 2.69. The smallest absolute Gasteiger partial charge is 0.126 e. The van der Waals surface area contributed by atoms with Crippen molar-refractivity contribution in [3.8, 4) is 11.5 Å². The maximum atomic E-state index is 10.8. The van der Waals surface area contributed by atoms with E-state index >= 15 is 0 Å². The monoisotopic (exact) mass is 348 g/mol. The van der Waals surface area contributed by atoms with E-state index in [0.717, 1.165) is 22.3 Å². The highest BCUT2D eigenvalue weighted by atomic mass is 16.3. The molecule has 0 aliphatic rings. The van der Waals surface area contributed by atoms with Gasteiger partial charge in [-0.15, -0.1) is 0 Å². The van der Waals surface area contributed by atoms with Crippen LogP contribution in [0, 0.1) is 0 Å². The zero-order chi connectivity index (χ0) is 19.1. The summed E-state index contributed by atoms with van der Waals surface area (Å²) >= 11 is 0. The molecule has 0 aliphatic heterocycles. The van der Waals surface area contributed by atoms with Crippen molar-refractivity contribution in [3.05, 3.63) is 82.0 Å². The largest absolute Gasteiger partial charge is 0.507 e. The Morgan fingerprint density at radius 1 is 0.808 bits per heavy atom. The van der Waals surface area contributed by atoms with E-state index in [1.807, 2.05) is 76.3 Å². The Bertz CT molecular complexity index is 832. The van der Waals surface area contributed by atoms with E-state index in [9.17, 15) is 10.2 Å². The summed E-state index contributed by atoms with van der Waals surface area (Å²) in [4.78, 5) is 0. The van der Waals surface area contributed by atoms with Crippen LogP contribution in [0.2, 0.25) is 0 Å². The van der Waals surface area contributed by atoms with Crippen molar-refractivity contribution in [2.75, 3.05) is 0 Å². The molecule has 0 radical (unpaired) electrons. The van der Waals surface area contributed by atoms with Crippen LogP contribution in [0.4, 0.5) is 0 Å². The summed E-state index contributed by atoms with van der Waals surface area (Å²) in [6, 6.07) is 11.8. The summed E-state index contributed by atoms with van der Waals surface area (Å²) in [5, 5.41) is 21.3. The highest BCUT2D eigenvalue weighted by Gasteiger charge is 2.15. The third kappa shape index (κ3) is 5.38. The molecule has 0 fully saturated rings. The Morgan fingerprint density at radius 2 is 1.38 bits per heavy atom. The minimum absolute atomic E-state index is 0.133. The highest BCUT2D eigenvalue weighted by molar-refractivity contribution is 5.74. The maximum Gasteiger partial charge on any atom is 0.126 e. The Balaban J connectivity index is 2.50. The Morgan fingerprint density at radius 3 is 1.96 bits per heavy atom. The molecule has 0 saturated carbocycles. The van der Waals surface area contributed by atoms with Gasteiger partial charge in [-0.05, 0) is 57.7 Å². The predicted molar refractivity (Wildman–Crippen MR) is 111 cm³/mol. The van der Waals surface area contributed by atoms with Gasteiger partial charge in [0.05, 0.1) is 0 Å². The standard InChI is InChI=1S/C24H28O2/c1-17(2)10-14-21-20(13-12-19-8-6-5-7-9-19)16-23(25)22(24(21)26)15-11-18(3)4/h5-13,16,25-26H,14-15H2,1-4H3. The van der Waals surface area contributed by atoms with Crippen molar-refractivity contribution in [2.24, 2.45) is 0 Å². The fourth-order valence-electron chi connectivity index (χ4n) is 2.69. The quantitative estimate of drug-likeness (QED) is 0.476. The van der Waals surface area contributed by atoms with Gasteiger partial charge in [0, 0.05) is 11.1 Å². The van der Waals surface area contributed by atoms with Gasteiger partial charge in [-0.3, -0.25) is 0 Å². The van der Waals surface area contributed by atoms with Gasteiger partial charge >= 0.3 is 0 Å². The zero-order valence-corrected chi connectivity index (χ0v) is 16.1. The molecule has 2 heteroatoms. The minimum atomic E-state index is 0.133. The Labute approximate surface area is 156 Å². The van der Waals surface area contributed by atoms with E-state index < -0.39 is 0 Å². The second-order valence-electron chi connectivity index (χ2n) is 7.01. The van der Waals surface area contributed by atoms with Crippen LogP contribution in [0.15, 0.2) is 59.7 Å². The van der Waals surface area contributed by atoms with Crippen LogP contribution in [0.5, 0.6) is 11.5 Å². The van der Waals surface area contributed by atoms with Crippen molar-refractivity contribution in [1.29, 1.82) is 0 Å². The second kappa shape index (κ2) is 9.10. The molecule has 0 aromatic heterocycles. The number of benzene rings is 2. The first kappa shape index (κ1) is 19.6. The molecule has 0 heterocycles. The minimum Gasteiger partial charge on any atom is -0.507 e. The molecule has 136 valence electrons. The van der Waals surface area contributed by atoms with Crippen molar-refractivity contribution in [3.63, 3.8) is 0 Å². The molecule has 0 atom stereocenters. The molecular weight excluding hydrogens is 320 g/mol. The average molecular weight is 348 g/mol. The van der Waals surface area contributed by atoms with E-state index in [4.69, 9.17) is 0 Å². The lowest BCUT2D eigenvalue weighted by Gasteiger charge is -2.14. The molecule has 26 heavy (non-hydrogen) atoms. The first-order valence-corrected chi connectivity index (χ1v) is 8.95. The van der Waals surface area contributed by atoms with E-state index in [1.54, 1.807) is 6.07 Å². The van der Waals surface area contributed by atoms with Gasteiger partial charge in [-0.25, -0.2) is 0 Å². The lowest BCUT2D eigenvalue weighted by molar-refractivity contribution is 0.437. The van der Waals surface area contributed by atoms with Gasteiger partial charge in [0.15, 0.2) is 0 Å². The van der Waals surface area contributed by atoms with Crippen molar-refractivity contribution >= 4 is 12.2 Å². The van der Waals surface area contributed by atoms with E-state index in [-0.39, 0.29) is 11.5 Å². The summed E-state index contributed by atoms with van der Waals surface area (Å²) in [6.07, 6.45) is 9.20. The number of hydrogen-bond donors (Lipinski definition) is 2. The van der Waals surface area contributed by atoms with Gasteiger partial charge in [0.2, 0.25) is 0 Å². The fraction of sp³-hybridized carbons (Fsp3) is 0.250. The normalized spacial score (nSPS) is 10.8. The molecule has 0 unspecified atom stereocenters. The van der Waals surface area contributed by atoms with Crippen molar-refractivity contribution in [1.82, 2.24) is 0 Å². The van der Waals surface area contributed by atoms with Gasteiger partial charge in [0.25, 0.3) is 0 Å². The molecule has 0 aliphatic carbocycles. The van der Waals surface area contributed by atoms with E-state index in [2.05, 4.69) is 6.08 Å². The van der Waals surface area contributed by atoms with Gasteiger partial charge in [0.1, 0.15) is 11.5 Å². The average Bonchev–Trinajstić information content (AvgIpc) is 2.59. The van der Waals surface area contributed by atoms with Gasteiger partial charge in [-0.2, -0.15) is 0 Å². The zero-order valence-electron chi connectivity index (χ0n) is 16.1. The summed E-state index contributed by atoms with van der Waals surface area (Å²) < 4.78 is 0. The topological polar surface area (TPSA) is 40.5 Å². The van der Waals surface area contributed by atoms with Crippen LogP contribution >= 0.6 is 0 Å². The third-order valence-corrected chi connectivity index (χ3v) is 4.21. The van der Waals surface area contributed by atoms with Gasteiger partial charge in [-0.1, -0.05) is 65.8 Å². The first-order chi connectivity index (χ1) is 12.4. The summed E-state index contributed by atoms with van der Waals surface area (Å²) in [5.74, 6) is 0.321. The Hall–Kier alpha value is -2.74. The molecular formula is C24H28O2. The van der Waals surface area contributed by atoms with Crippen molar-refractivity contribution in [2.45, 2.75) is 40.5 Å². The predicted octanol–water partition coefficient (Wildman–Crippen LogP) is 6.29. The van der Waals surface area contributed by atoms with Crippen LogP contribution in [-0.2, 0) is 12.8 Å². The first-order valence-electron chi connectivity index (χ1n) is 8.95. The molecule has 2 nitrogen and oxygen atoms in total. The number of rotatable bonds is 6. The maximum absolute atomic E-state index is 10.8. The summed E-state index contributed by atoms with van der Waals surface area (Å²) in [7, 11) is 0. The van der Waals surface area contributed by atoms with Crippen LogP contribution in [0.1, 0.15) is 49.9 Å². The van der Waals surface area contributed by atoms with Crippen LogP contribution in [0.3, 0.4) is 0 Å². The summed E-state index contributed by atoms with van der Waals surface area (Å²) in [5.41, 5.74) is 5.69. The number of hydrogen-bond acceptors (Lipinski definition) is 2. The number of aromatic hydroxyl groups is 2. The molecule has 2 N–H and O–H groups in total. The van der Waals surface area contributed by atoms with Crippen molar-refractivity contribution < 1.29 is 10.2 Å². The molecule has 0 bridgehead atoms. The highest BCUT2D eigenvalue weighted by Crippen LogP contribution is 2.36. The molecule has 0 spiro atoms. The lowest BCUT2D eigenvalue weighted by Crippen LogP contribution is -1.95. The third-order valence-electron chi connectivity index (χ3n) is 4.21. The molecule has 0 saturated heterocycles. The molecule has 2 aromatic rings. The molecule has 2 rings (SSSR count). The number of phenolic OH excluding ortho intramolecular Hbond substituents is 2. The summed E-state index contributed by atoms with van der Waals surface area (Å²) in [6.45, 7) is 8.10. The number of phenols is 2. The molecule has 2 aromatic carbocycles. The van der Waals surface area contributed by atoms with Crippen LogP contribution in [-0.4, -0.2) is 10.2 Å². The van der Waals surface area contributed by atoms with E-state index in [0.29, 0.717) is 18.4 Å². The Kier molecular flexibility index (Phi) is 6.85. The van der Waals surface area contributed by atoms with E-state index in [1.165, 1.54) is 5.57 Å². The van der Waals surface area contributed by atoms with Crippen LogP contribution in [0.25, 0.3) is 12.2 Å². The lowest BCUT2D eigenvalue weighted by atomic mass is 9.95. The number of allylic oxidation sites excluding steroid dienone is 4. The SMILES string of the molecule is CC(C)=CCc1c(O)cc(C=Cc2ccccc2)c(CC=C(C)C)c1O. The molecule has 0 amide bonds. The van der Waals surface area contributed by atoms with Gasteiger partial charge < -0.3 is 10.2 Å².